The van der Waals surface area contributed by atoms with Crippen LogP contribution in [0.5, 0.6) is 11.5 Å². The Morgan fingerprint density at radius 3 is 2.71 bits per heavy atom. The molecule has 0 radical (unpaired) electrons. The van der Waals surface area contributed by atoms with Gasteiger partial charge in [-0.1, -0.05) is 28.6 Å². The molecule has 1 saturated heterocycles. The Morgan fingerprint density at radius 2 is 2.08 bits per heavy atom. The predicted octanol–water partition coefficient (Wildman–Crippen LogP) is 2.28. The van der Waals surface area contributed by atoms with Crippen LogP contribution in [0.4, 0.5) is 0 Å². The molecule has 0 saturated carbocycles. The van der Waals surface area contributed by atoms with Gasteiger partial charge in [-0.05, 0) is 36.0 Å². The highest BCUT2D eigenvalue weighted by atomic mass is 79.9. The number of thiocarbonyl (C=S) groups is 1. The van der Waals surface area contributed by atoms with Crippen LogP contribution in [-0.4, -0.2) is 42.6 Å². The summed E-state index contributed by atoms with van der Waals surface area (Å²) in [7, 11) is 3.01. The quantitative estimate of drug-likeness (QED) is 0.349. The Balaban J connectivity index is 2.45. The second-order valence-electron chi connectivity index (χ2n) is 4.81. The summed E-state index contributed by atoms with van der Waals surface area (Å²) in [6.07, 6.45) is 3.09. The fourth-order valence-corrected chi connectivity index (χ4v) is 2.60. The Kier molecular flexibility index (Phi) is 5.74. The highest BCUT2D eigenvalue weighted by Crippen LogP contribution is 2.35. The lowest BCUT2D eigenvalue weighted by molar-refractivity contribution is -0.128. The SMILES string of the molecule is C=CCOc1cc(Br)c(/C=C2\C(=O)NC(=S)N(C)C2=O)cc1OC. The van der Waals surface area contributed by atoms with Crippen molar-refractivity contribution >= 4 is 51.2 Å². The van der Waals surface area contributed by atoms with E-state index in [0.717, 1.165) is 0 Å². The van der Waals surface area contributed by atoms with Gasteiger partial charge in [0.2, 0.25) is 0 Å². The Morgan fingerprint density at radius 1 is 1.38 bits per heavy atom. The standard InChI is InChI=1S/C16H15BrN2O4S/c1-4-5-23-13-8-11(17)9(7-12(13)22-3)6-10-14(20)18-16(24)19(2)15(10)21/h4,6-8H,1,5H2,2-3H3,(H,18,20,24)/b10-6+. The molecule has 1 N–H and O–H groups in total. The van der Waals surface area contributed by atoms with Gasteiger partial charge in [0.1, 0.15) is 12.2 Å². The number of likely N-dealkylation sites (N-methyl/N-ethyl adjacent to an activating group) is 1. The Bertz CT molecular complexity index is 761. The summed E-state index contributed by atoms with van der Waals surface area (Å²) in [6, 6.07) is 3.37. The van der Waals surface area contributed by atoms with Crippen molar-refractivity contribution in [3.05, 3.63) is 40.4 Å². The van der Waals surface area contributed by atoms with Gasteiger partial charge >= 0.3 is 0 Å². The number of hydrogen-bond acceptors (Lipinski definition) is 5. The second kappa shape index (κ2) is 7.59. The topological polar surface area (TPSA) is 67.9 Å². The molecular formula is C16H15BrN2O4S. The second-order valence-corrected chi connectivity index (χ2v) is 6.05. The number of nitrogens with one attached hydrogen (secondary N) is 1. The smallest absolute Gasteiger partial charge is 0.265 e. The molecular weight excluding hydrogens is 396 g/mol. The Labute approximate surface area is 153 Å². The molecule has 2 amide bonds. The third-order valence-electron chi connectivity index (χ3n) is 3.24. The van der Waals surface area contributed by atoms with E-state index in [1.165, 1.54) is 25.1 Å². The van der Waals surface area contributed by atoms with Crippen LogP contribution in [-0.2, 0) is 9.59 Å². The summed E-state index contributed by atoms with van der Waals surface area (Å²) < 4.78 is 11.4. The monoisotopic (exact) mass is 410 g/mol. The lowest BCUT2D eigenvalue weighted by atomic mass is 10.1. The minimum absolute atomic E-state index is 0.0198. The maximum Gasteiger partial charge on any atom is 0.265 e. The number of carbonyl (C=O) groups is 2. The van der Waals surface area contributed by atoms with Crippen LogP contribution in [0, 0.1) is 0 Å². The van der Waals surface area contributed by atoms with E-state index in [1.54, 1.807) is 18.2 Å². The molecule has 0 aliphatic carbocycles. The molecule has 0 spiro atoms. The summed E-state index contributed by atoms with van der Waals surface area (Å²) in [5.41, 5.74) is 0.575. The third-order valence-corrected chi connectivity index (χ3v) is 4.31. The number of hydrogen-bond donors (Lipinski definition) is 1. The van der Waals surface area contributed by atoms with Gasteiger partial charge in [0, 0.05) is 11.5 Å². The predicted molar refractivity (Wildman–Crippen MR) is 97.9 cm³/mol. The van der Waals surface area contributed by atoms with Gasteiger partial charge in [0.15, 0.2) is 16.6 Å². The number of ether oxygens (including phenoxy) is 2. The molecule has 1 heterocycles. The molecule has 6 nitrogen and oxygen atoms in total. The molecule has 1 aliphatic heterocycles. The third kappa shape index (κ3) is 3.65. The largest absolute Gasteiger partial charge is 0.493 e. The van der Waals surface area contributed by atoms with Gasteiger partial charge in [-0.2, -0.15) is 0 Å². The Hall–Kier alpha value is -2.19. The van der Waals surface area contributed by atoms with Crippen LogP contribution >= 0.6 is 28.1 Å². The minimum atomic E-state index is -0.541. The van der Waals surface area contributed by atoms with Crippen molar-refractivity contribution in [1.29, 1.82) is 0 Å². The van der Waals surface area contributed by atoms with Crippen molar-refractivity contribution in [2.75, 3.05) is 20.8 Å². The van der Waals surface area contributed by atoms with E-state index in [9.17, 15) is 9.59 Å². The van der Waals surface area contributed by atoms with Crippen LogP contribution in [0.1, 0.15) is 5.56 Å². The van der Waals surface area contributed by atoms with E-state index in [2.05, 4.69) is 27.8 Å². The lowest BCUT2D eigenvalue weighted by Crippen LogP contribution is -2.52. The van der Waals surface area contributed by atoms with Crippen molar-refractivity contribution in [1.82, 2.24) is 10.2 Å². The maximum atomic E-state index is 12.3. The van der Waals surface area contributed by atoms with E-state index in [4.69, 9.17) is 21.7 Å². The maximum absolute atomic E-state index is 12.3. The number of nitrogens with zero attached hydrogens (tertiary/aromatic N) is 1. The first-order valence-electron chi connectivity index (χ1n) is 6.85. The average Bonchev–Trinajstić information content (AvgIpc) is 2.56. The molecule has 2 rings (SSSR count). The van der Waals surface area contributed by atoms with Crippen LogP contribution < -0.4 is 14.8 Å². The van der Waals surface area contributed by atoms with E-state index in [0.29, 0.717) is 28.1 Å². The molecule has 0 unspecified atom stereocenters. The first kappa shape index (κ1) is 18.2. The van der Waals surface area contributed by atoms with Crippen molar-refractivity contribution in [2.24, 2.45) is 0 Å². The van der Waals surface area contributed by atoms with Gasteiger partial charge in [0.05, 0.1) is 7.11 Å². The molecule has 0 aromatic heterocycles. The van der Waals surface area contributed by atoms with E-state index < -0.39 is 11.8 Å². The lowest BCUT2D eigenvalue weighted by Gasteiger charge is -2.25. The first-order valence-corrected chi connectivity index (χ1v) is 8.05. The normalized spacial score (nSPS) is 16.2. The van der Waals surface area contributed by atoms with Crippen molar-refractivity contribution in [2.45, 2.75) is 0 Å². The van der Waals surface area contributed by atoms with Crippen molar-refractivity contribution in [3.63, 3.8) is 0 Å². The fourth-order valence-electron chi connectivity index (χ4n) is 1.98. The van der Waals surface area contributed by atoms with Crippen LogP contribution in [0.2, 0.25) is 0 Å². The number of methoxy groups -OCH3 is 1. The summed E-state index contributed by atoms with van der Waals surface area (Å²) in [5.74, 6) is -0.0221. The average molecular weight is 411 g/mol. The van der Waals surface area contributed by atoms with Crippen molar-refractivity contribution in [3.8, 4) is 11.5 Å². The molecule has 126 valence electrons. The van der Waals surface area contributed by atoms with Gasteiger partial charge in [-0.25, -0.2) is 0 Å². The summed E-state index contributed by atoms with van der Waals surface area (Å²) >= 11 is 8.32. The molecule has 0 atom stereocenters. The minimum Gasteiger partial charge on any atom is -0.493 e. The zero-order chi connectivity index (χ0) is 17.9. The van der Waals surface area contributed by atoms with E-state index in [1.807, 2.05) is 0 Å². The number of carbonyl (C=O) groups excluding carboxylic acids is 2. The van der Waals surface area contributed by atoms with Crippen LogP contribution in [0.15, 0.2) is 34.8 Å². The first-order chi connectivity index (χ1) is 11.4. The molecule has 24 heavy (non-hydrogen) atoms. The molecule has 1 fully saturated rings. The summed E-state index contributed by atoms with van der Waals surface area (Å²) in [5, 5.41) is 2.54. The van der Waals surface area contributed by atoms with Crippen LogP contribution in [0.3, 0.4) is 0 Å². The number of halogens is 1. The zero-order valence-electron chi connectivity index (χ0n) is 13.1. The fraction of sp³-hybridized carbons (Fsp3) is 0.188. The van der Waals surface area contributed by atoms with Crippen molar-refractivity contribution < 1.29 is 19.1 Å². The van der Waals surface area contributed by atoms with Gasteiger partial charge in [-0.15, -0.1) is 0 Å². The molecule has 1 aliphatic rings. The van der Waals surface area contributed by atoms with Gasteiger partial charge in [0.25, 0.3) is 11.8 Å². The van der Waals surface area contributed by atoms with E-state index in [-0.39, 0.29) is 10.7 Å². The number of amides is 2. The van der Waals surface area contributed by atoms with E-state index >= 15 is 0 Å². The highest BCUT2D eigenvalue weighted by molar-refractivity contribution is 9.10. The molecule has 1 aromatic carbocycles. The van der Waals surface area contributed by atoms with Crippen LogP contribution in [0.25, 0.3) is 6.08 Å². The number of benzene rings is 1. The summed E-state index contributed by atoms with van der Waals surface area (Å²) in [6.45, 7) is 3.92. The molecule has 8 heteroatoms. The van der Waals surface area contributed by atoms with Gasteiger partial charge < -0.3 is 9.47 Å². The highest BCUT2D eigenvalue weighted by Gasteiger charge is 2.31. The number of rotatable bonds is 5. The molecule has 1 aromatic rings. The zero-order valence-corrected chi connectivity index (χ0v) is 15.5. The summed E-state index contributed by atoms with van der Waals surface area (Å²) in [4.78, 5) is 25.5. The molecule has 0 bridgehead atoms. The van der Waals surface area contributed by atoms with Gasteiger partial charge in [-0.3, -0.25) is 19.8 Å².